The number of hydrogen-bond donors (Lipinski definition) is 1. The quantitative estimate of drug-likeness (QED) is 0.500. The highest BCUT2D eigenvalue weighted by Gasteiger charge is 2.44. The fourth-order valence-electron chi connectivity index (χ4n) is 3.39. The average Bonchev–Trinajstić information content (AvgIpc) is 3.21. The Balaban J connectivity index is 1.68. The van der Waals surface area contributed by atoms with E-state index in [0.717, 1.165) is 4.90 Å². The summed E-state index contributed by atoms with van der Waals surface area (Å²) in [6.45, 7) is 0.128. The number of aliphatic hydroxyl groups excluding tert-OH is 1. The standard InChI is InChI=1S/C20H21F4N3O5/c21-15-4-1-13(2-5-15)18-14(11-25-32-18)3-6-16(29)27-8-7-26(9-10-28)12-17(27)31-19(30)20(22,23)24/h1-2,4-5,11,17,28H,3,6-10,12H2. The normalized spacial score (nSPS) is 17.4. The molecule has 1 atom stereocenters. The Bertz CT molecular complexity index is 932. The Labute approximate surface area is 180 Å². The molecule has 1 unspecified atom stereocenters. The number of aromatic nitrogens is 1. The lowest BCUT2D eigenvalue weighted by molar-refractivity contribution is -0.217. The van der Waals surface area contributed by atoms with Gasteiger partial charge in [0.25, 0.3) is 0 Å². The topological polar surface area (TPSA) is 96.1 Å². The number of piperazine rings is 1. The van der Waals surface area contributed by atoms with Crippen LogP contribution in [0.2, 0.25) is 0 Å². The van der Waals surface area contributed by atoms with Crippen LogP contribution in [-0.4, -0.2) is 77.1 Å². The van der Waals surface area contributed by atoms with Gasteiger partial charge in [0.1, 0.15) is 5.82 Å². The Morgan fingerprint density at radius 1 is 1.22 bits per heavy atom. The first-order valence-electron chi connectivity index (χ1n) is 9.79. The van der Waals surface area contributed by atoms with E-state index in [9.17, 15) is 27.2 Å². The summed E-state index contributed by atoms with van der Waals surface area (Å²) in [5.74, 6) is -2.97. The SMILES string of the molecule is O=C(CCc1cnoc1-c1ccc(F)cc1)N1CCN(CCO)CC1OC(=O)C(F)(F)F. The molecule has 0 spiro atoms. The molecule has 2 aromatic rings. The molecule has 1 saturated heterocycles. The Morgan fingerprint density at radius 3 is 2.59 bits per heavy atom. The van der Waals surface area contributed by atoms with Gasteiger partial charge in [-0.25, -0.2) is 9.18 Å². The summed E-state index contributed by atoms with van der Waals surface area (Å²) in [5, 5.41) is 12.8. The lowest BCUT2D eigenvalue weighted by Gasteiger charge is -2.40. The summed E-state index contributed by atoms with van der Waals surface area (Å²) in [6, 6.07) is 5.48. The lowest BCUT2D eigenvalue weighted by atomic mass is 10.0. The zero-order valence-corrected chi connectivity index (χ0v) is 16.8. The lowest BCUT2D eigenvalue weighted by Crippen LogP contribution is -2.57. The van der Waals surface area contributed by atoms with Crippen molar-refractivity contribution in [3.8, 4) is 11.3 Å². The van der Waals surface area contributed by atoms with Crippen molar-refractivity contribution in [1.82, 2.24) is 15.0 Å². The largest absolute Gasteiger partial charge is 0.491 e. The summed E-state index contributed by atoms with van der Waals surface area (Å²) in [5.41, 5.74) is 1.12. The van der Waals surface area contributed by atoms with E-state index in [1.54, 1.807) is 4.90 Å². The van der Waals surface area contributed by atoms with Gasteiger partial charge in [-0.1, -0.05) is 5.16 Å². The molecular weight excluding hydrogens is 438 g/mol. The number of esters is 1. The second-order valence-corrected chi connectivity index (χ2v) is 7.16. The smallest absolute Gasteiger partial charge is 0.433 e. The van der Waals surface area contributed by atoms with Gasteiger partial charge >= 0.3 is 12.1 Å². The van der Waals surface area contributed by atoms with Crippen LogP contribution < -0.4 is 0 Å². The first-order valence-corrected chi connectivity index (χ1v) is 9.79. The van der Waals surface area contributed by atoms with Gasteiger partial charge in [-0.15, -0.1) is 0 Å². The van der Waals surface area contributed by atoms with E-state index < -0.39 is 30.1 Å². The van der Waals surface area contributed by atoms with Crippen LogP contribution in [0.25, 0.3) is 11.3 Å². The van der Waals surface area contributed by atoms with Crippen molar-refractivity contribution in [3.63, 3.8) is 0 Å². The molecule has 0 aliphatic carbocycles. The van der Waals surface area contributed by atoms with E-state index in [1.807, 2.05) is 0 Å². The Kier molecular flexibility index (Phi) is 7.46. The van der Waals surface area contributed by atoms with E-state index in [4.69, 9.17) is 9.63 Å². The first kappa shape index (κ1) is 23.7. The number of ether oxygens (including phenoxy) is 1. The maximum atomic E-state index is 13.1. The third-order valence-electron chi connectivity index (χ3n) is 4.99. The fraction of sp³-hybridized carbons (Fsp3) is 0.450. The van der Waals surface area contributed by atoms with Crippen molar-refractivity contribution < 1.29 is 41.5 Å². The minimum Gasteiger partial charge on any atom is -0.433 e. The number of rotatable bonds is 7. The summed E-state index contributed by atoms with van der Waals surface area (Å²) in [7, 11) is 0. The van der Waals surface area contributed by atoms with E-state index in [1.165, 1.54) is 30.5 Å². The number of hydrogen-bond acceptors (Lipinski definition) is 7. The molecule has 8 nitrogen and oxygen atoms in total. The van der Waals surface area contributed by atoms with Gasteiger partial charge in [-0.2, -0.15) is 13.2 Å². The van der Waals surface area contributed by atoms with E-state index in [2.05, 4.69) is 9.89 Å². The first-order chi connectivity index (χ1) is 15.2. The molecule has 1 fully saturated rings. The van der Waals surface area contributed by atoms with Crippen LogP contribution in [0.5, 0.6) is 0 Å². The molecule has 174 valence electrons. The molecule has 1 aliphatic rings. The fourth-order valence-corrected chi connectivity index (χ4v) is 3.39. The average molecular weight is 459 g/mol. The highest BCUT2D eigenvalue weighted by Crippen LogP contribution is 2.26. The molecule has 0 bridgehead atoms. The molecular formula is C20H21F4N3O5. The third kappa shape index (κ3) is 5.82. The number of alkyl halides is 3. The van der Waals surface area contributed by atoms with Gasteiger partial charge in [0.15, 0.2) is 12.0 Å². The number of carbonyl (C=O) groups is 2. The molecule has 1 aromatic carbocycles. The van der Waals surface area contributed by atoms with Gasteiger partial charge in [0.2, 0.25) is 5.91 Å². The molecule has 12 heteroatoms. The Morgan fingerprint density at radius 2 is 1.94 bits per heavy atom. The van der Waals surface area contributed by atoms with E-state index in [0.29, 0.717) is 23.4 Å². The second kappa shape index (κ2) is 10.1. The van der Waals surface area contributed by atoms with Gasteiger partial charge in [-0.3, -0.25) is 9.69 Å². The zero-order chi connectivity index (χ0) is 23.3. The van der Waals surface area contributed by atoms with Gasteiger partial charge in [0, 0.05) is 37.2 Å². The number of β-amino-alcohol motifs (C(OH)–C–C–N with tert-alkyl or cyclic N) is 1. The van der Waals surface area contributed by atoms with Crippen molar-refractivity contribution in [2.75, 3.05) is 32.8 Å². The van der Waals surface area contributed by atoms with Crippen molar-refractivity contribution in [2.24, 2.45) is 0 Å². The number of aliphatic hydroxyl groups is 1. The van der Waals surface area contributed by atoms with Gasteiger partial charge in [0.05, 0.1) is 19.3 Å². The molecule has 1 aromatic heterocycles. The molecule has 2 heterocycles. The summed E-state index contributed by atoms with van der Waals surface area (Å²) >= 11 is 0. The highest BCUT2D eigenvalue weighted by atomic mass is 19.4. The summed E-state index contributed by atoms with van der Waals surface area (Å²) in [4.78, 5) is 26.8. The van der Waals surface area contributed by atoms with Crippen LogP contribution in [0.1, 0.15) is 12.0 Å². The maximum Gasteiger partial charge on any atom is 0.491 e. The highest BCUT2D eigenvalue weighted by molar-refractivity contribution is 5.79. The minimum absolute atomic E-state index is 0.0308. The summed E-state index contributed by atoms with van der Waals surface area (Å²) < 4.78 is 60.9. The monoisotopic (exact) mass is 459 g/mol. The zero-order valence-electron chi connectivity index (χ0n) is 16.8. The molecule has 0 radical (unpaired) electrons. The maximum absolute atomic E-state index is 13.1. The third-order valence-corrected chi connectivity index (χ3v) is 4.99. The molecule has 32 heavy (non-hydrogen) atoms. The summed E-state index contributed by atoms with van der Waals surface area (Å²) in [6.07, 6.45) is -5.16. The van der Waals surface area contributed by atoms with Crippen LogP contribution in [0, 0.1) is 5.82 Å². The predicted molar refractivity (Wildman–Crippen MR) is 101 cm³/mol. The predicted octanol–water partition coefficient (Wildman–Crippen LogP) is 1.98. The van der Waals surface area contributed by atoms with Crippen LogP contribution in [0.3, 0.4) is 0 Å². The van der Waals surface area contributed by atoms with Crippen LogP contribution in [0.15, 0.2) is 35.0 Å². The number of amides is 1. The minimum atomic E-state index is -5.19. The number of benzene rings is 1. The van der Waals surface area contributed by atoms with E-state index >= 15 is 0 Å². The van der Waals surface area contributed by atoms with Crippen LogP contribution in [0.4, 0.5) is 17.6 Å². The number of carbonyl (C=O) groups excluding carboxylic acids is 2. The second-order valence-electron chi connectivity index (χ2n) is 7.16. The van der Waals surface area contributed by atoms with Crippen molar-refractivity contribution in [1.29, 1.82) is 0 Å². The molecule has 1 amide bonds. The van der Waals surface area contributed by atoms with E-state index in [-0.39, 0.29) is 39.1 Å². The molecule has 0 saturated carbocycles. The molecule has 1 N–H and O–H groups in total. The molecule has 3 rings (SSSR count). The Hall–Kier alpha value is -2.99. The van der Waals surface area contributed by atoms with Crippen molar-refractivity contribution >= 4 is 11.9 Å². The number of aryl methyl sites for hydroxylation is 1. The van der Waals surface area contributed by atoms with Crippen LogP contribution in [-0.2, 0) is 20.7 Å². The van der Waals surface area contributed by atoms with Crippen molar-refractivity contribution in [2.45, 2.75) is 25.2 Å². The van der Waals surface area contributed by atoms with Gasteiger partial charge < -0.3 is 19.3 Å². The van der Waals surface area contributed by atoms with Crippen LogP contribution >= 0.6 is 0 Å². The molecule has 1 aliphatic heterocycles. The number of nitrogens with zero attached hydrogens (tertiary/aromatic N) is 3. The number of halogens is 4. The van der Waals surface area contributed by atoms with Crippen molar-refractivity contribution in [3.05, 3.63) is 41.8 Å². The van der Waals surface area contributed by atoms with Gasteiger partial charge in [-0.05, 0) is 30.7 Å².